The Morgan fingerprint density at radius 2 is 1.87 bits per heavy atom. The number of carboxylic acid groups (broad SMARTS) is 1. The van der Waals surface area contributed by atoms with Gasteiger partial charge in [0.05, 0.1) is 12.6 Å². The number of hydrogen-bond acceptors (Lipinski definition) is 4. The van der Waals surface area contributed by atoms with Crippen LogP contribution in [0.5, 0.6) is 0 Å². The van der Waals surface area contributed by atoms with Crippen LogP contribution in [-0.2, 0) is 14.3 Å². The topological polar surface area (TPSA) is 66.4 Å². The number of hydrogen-bond donors (Lipinski definition) is 0. The summed E-state index contributed by atoms with van der Waals surface area (Å²) in [4.78, 5) is 20.4. The lowest BCUT2D eigenvalue weighted by Gasteiger charge is -2.05. The van der Waals surface area contributed by atoms with Crippen molar-refractivity contribution in [2.75, 3.05) is 6.61 Å². The molecule has 15 heavy (non-hydrogen) atoms. The number of aliphatic carboxylic acids is 1. The van der Waals surface area contributed by atoms with Crippen molar-refractivity contribution in [2.45, 2.75) is 19.0 Å². The molecular weight excluding hydrogens is 217 g/mol. The van der Waals surface area contributed by atoms with Crippen LogP contribution in [0.25, 0.3) is 0 Å². The van der Waals surface area contributed by atoms with E-state index in [0.29, 0.717) is 12.2 Å². The van der Waals surface area contributed by atoms with E-state index in [2.05, 4.69) is 4.74 Å². The van der Waals surface area contributed by atoms with E-state index in [9.17, 15) is 27.9 Å². The highest BCUT2D eigenvalue weighted by Gasteiger charge is 2.26. The SMILES string of the molecule is O=C([O-])/C=C/C(=O)OCCCC(F)(F)F. The van der Waals surface area contributed by atoms with Gasteiger partial charge in [0, 0.05) is 12.5 Å². The van der Waals surface area contributed by atoms with Crippen molar-refractivity contribution in [3.8, 4) is 0 Å². The van der Waals surface area contributed by atoms with Crippen molar-refractivity contribution in [3.05, 3.63) is 12.2 Å². The molecule has 0 amide bonds. The van der Waals surface area contributed by atoms with Gasteiger partial charge >= 0.3 is 12.1 Å². The molecule has 0 aromatic rings. The molecule has 0 unspecified atom stereocenters. The molecule has 0 aliphatic heterocycles. The van der Waals surface area contributed by atoms with Crippen LogP contribution in [0, 0.1) is 0 Å². The fraction of sp³-hybridized carbons (Fsp3) is 0.500. The molecule has 0 aromatic heterocycles. The van der Waals surface area contributed by atoms with E-state index in [1.807, 2.05) is 0 Å². The van der Waals surface area contributed by atoms with Crippen LogP contribution in [0.4, 0.5) is 13.2 Å². The Kier molecular flexibility index (Phi) is 5.43. The highest BCUT2D eigenvalue weighted by atomic mass is 19.4. The summed E-state index contributed by atoms with van der Waals surface area (Å²) in [6.07, 6.45) is -4.68. The zero-order valence-corrected chi connectivity index (χ0v) is 7.54. The smallest absolute Gasteiger partial charge is 0.389 e. The third-order valence-electron chi connectivity index (χ3n) is 1.20. The van der Waals surface area contributed by atoms with Crippen molar-refractivity contribution < 1.29 is 32.6 Å². The van der Waals surface area contributed by atoms with Crippen LogP contribution in [0.2, 0.25) is 0 Å². The number of carboxylic acids is 1. The summed E-state index contributed by atoms with van der Waals surface area (Å²) < 4.78 is 39.1. The normalized spacial score (nSPS) is 11.7. The molecule has 0 spiro atoms. The predicted molar refractivity (Wildman–Crippen MR) is 40.4 cm³/mol. The molecule has 86 valence electrons. The van der Waals surface area contributed by atoms with E-state index in [0.717, 1.165) is 0 Å². The molecule has 0 radical (unpaired) electrons. The summed E-state index contributed by atoms with van der Waals surface area (Å²) in [5.41, 5.74) is 0. The van der Waals surface area contributed by atoms with Gasteiger partial charge in [0.15, 0.2) is 0 Å². The molecule has 0 saturated heterocycles. The van der Waals surface area contributed by atoms with Crippen molar-refractivity contribution in [2.24, 2.45) is 0 Å². The average Bonchev–Trinajstić information content (AvgIpc) is 2.07. The minimum atomic E-state index is -4.28. The first-order valence-electron chi connectivity index (χ1n) is 3.94. The van der Waals surface area contributed by atoms with Crippen molar-refractivity contribution >= 4 is 11.9 Å². The van der Waals surface area contributed by atoms with E-state index in [1.165, 1.54) is 0 Å². The van der Waals surface area contributed by atoms with Gasteiger partial charge in [0.25, 0.3) is 0 Å². The van der Waals surface area contributed by atoms with Gasteiger partial charge < -0.3 is 14.6 Å². The minimum absolute atomic E-state index is 0.353. The largest absolute Gasteiger partial charge is 0.545 e. The van der Waals surface area contributed by atoms with Gasteiger partial charge in [-0.25, -0.2) is 4.79 Å². The Balaban J connectivity index is 3.61. The maximum Gasteiger partial charge on any atom is 0.389 e. The van der Waals surface area contributed by atoms with Crippen molar-refractivity contribution in [3.63, 3.8) is 0 Å². The Morgan fingerprint density at radius 1 is 1.27 bits per heavy atom. The number of alkyl halides is 3. The van der Waals surface area contributed by atoms with Gasteiger partial charge in [-0.1, -0.05) is 0 Å². The van der Waals surface area contributed by atoms with Gasteiger partial charge in [0.1, 0.15) is 0 Å². The maximum absolute atomic E-state index is 11.6. The van der Waals surface area contributed by atoms with Gasteiger partial charge in [-0.3, -0.25) is 0 Å². The van der Waals surface area contributed by atoms with E-state index in [-0.39, 0.29) is 6.42 Å². The molecule has 0 aliphatic carbocycles. The van der Waals surface area contributed by atoms with Crippen LogP contribution < -0.4 is 5.11 Å². The molecule has 0 fully saturated rings. The third kappa shape index (κ3) is 10.4. The second-order valence-corrected chi connectivity index (χ2v) is 2.54. The number of rotatable bonds is 5. The number of halogens is 3. The minimum Gasteiger partial charge on any atom is -0.545 e. The molecule has 0 heterocycles. The molecule has 0 aliphatic rings. The van der Waals surface area contributed by atoms with Crippen LogP contribution in [0.3, 0.4) is 0 Å². The van der Waals surface area contributed by atoms with Crippen LogP contribution in [-0.4, -0.2) is 24.7 Å². The molecule has 0 saturated carbocycles. The molecule has 0 rings (SSSR count). The number of ether oxygens (including phenoxy) is 1. The monoisotopic (exact) mass is 225 g/mol. The Bertz CT molecular complexity index is 257. The highest BCUT2D eigenvalue weighted by Crippen LogP contribution is 2.20. The summed E-state index contributed by atoms with van der Waals surface area (Å²) in [6, 6.07) is 0. The van der Waals surface area contributed by atoms with Crippen LogP contribution in [0.15, 0.2) is 12.2 Å². The summed E-state index contributed by atoms with van der Waals surface area (Å²) in [5, 5.41) is 9.81. The van der Waals surface area contributed by atoms with Crippen molar-refractivity contribution in [1.82, 2.24) is 0 Å². The highest BCUT2D eigenvalue weighted by molar-refractivity contribution is 5.89. The van der Waals surface area contributed by atoms with Gasteiger partial charge in [0.2, 0.25) is 0 Å². The first-order chi connectivity index (χ1) is 6.81. The van der Waals surface area contributed by atoms with Gasteiger partial charge in [-0.05, 0) is 12.5 Å². The predicted octanol–water partition coefficient (Wildman–Crippen LogP) is 0.178. The fourth-order valence-corrected chi connectivity index (χ4v) is 0.630. The Hall–Kier alpha value is -1.53. The zero-order valence-electron chi connectivity index (χ0n) is 7.54. The van der Waals surface area contributed by atoms with E-state index in [1.54, 1.807) is 0 Å². The average molecular weight is 225 g/mol. The molecule has 7 heteroatoms. The molecule has 0 N–H and O–H groups in total. The molecule has 0 bridgehead atoms. The number of carbonyl (C=O) groups excluding carboxylic acids is 2. The van der Waals surface area contributed by atoms with E-state index < -0.39 is 31.1 Å². The quantitative estimate of drug-likeness (QED) is 0.380. The zero-order chi connectivity index (χ0) is 11.9. The first-order valence-corrected chi connectivity index (χ1v) is 3.94. The third-order valence-corrected chi connectivity index (χ3v) is 1.20. The van der Waals surface area contributed by atoms with Crippen molar-refractivity contribution in [1.29, 1.82) is 0 Å². The van der Waals surface area contributed by atoms with Gasteiger partial charge in [-0.15, -0.1) is 0 Å². The Morgan fingerprint density at radius 3 is 2.33 bits per heavy atom. The van der Waals surface area contributed by atoms with Crippen LogP contribution in [0.1, 0.15) is 12.8 Å². The lowest BCUT2D eigenvalue weighted by molar-refractivity contribution is -0.297. The van der Waals surface area contributed by atoms with E-state index in [4.69, 9.17) is 0 Å². The summed E-state index contributed by atoms with van der Waals surface area (Å²) in [6.45, 7) is -0.407. The first kappa shape index (κ1) is 13.5. The Labute approximate surface area is 83.3 Å². The standard InChI is InChI=1S/C8H9F3O4/c9-8(10,11)4-1-5-15-7(14)3-2-6(12)13/h2-3H,1,4-5H2,(H,12,13)/p-1/b3-2+. The molecule has 4 nitrogen and oxygen atoms in total. The lowest BCUT2D eigenvalue weighted by atomic mass is 10.3. The molecule has 0 aromatic carbocycles. The summed E-state index contributed by atoms with van der Waals surface area (Å²) in [5.74, 6) is -2.59. The summed E-state index contributed by atoms with van der Waals surface area (Å²) in [7, 11) is 0. The number of carbonyl (C=O) groups is 2. The summed E-state index contributed by atoms with van der Waals surface area (Å²) >= 11 is 0. The second-order valence-electron chi connectivity index (χ2n) is 2.54. The van der Waals surface area contributed by atoms with Gasteiger partial charge in [-0.2, -0.15) is 13.2 Å². The van der Waals surface area contributed by atoms with E-state index >= 15 is 0 Å². The lowest BCUT2D eigenvalue weighted by Crippen LogP contribution is -2.19. The molecular formula is C8H8F3O4-. The second kappa shape index (κ2) is 6.05. The van der Waals surface area contributed by atoms with Crippen LogP contribution >= 0.6 is 0 Å². The molecule has 0 atom stereocenters. The maximum atomic E-state index is 11.6. The fourth-order valence-electron chi connectivity index (χ4n) is 0.630. The number of esters is 1.